The van der Waals surface area contributed by atoms with Gasteiger partial charge in [-0.3, -0.25) is 0 Å². The van der Waals surface area contributed by atoms with Gasteiger partial charge < -0.3 is 10.5 Å². The first-order valence-corrected chi connectivity index (χ1v) is 4.36. The van der Waals surface area contributed by atoms with Crippen LogP contribution in [0.5, 0.6) is 5.75 Å². The molecule has 0 atom stereocenters. The van der Waals surface area contributed by atoms with E-state index in [-0.39, 0.29) is 0 Å². The number of nitrogens with two attached hydrogens (primary N) is 1. The molecule has 0 fully saturated rings. The molecule has 13 heavy (non-hydrogen) atoms. The summed E-state index contributed by atoms with van der Waals surface area (Å²) in [6.07, 6.45) is 3.70. The lowest BCUT2D eigenvalue weighted by atomic mass is 10.2. The molecule has 0 saturated heterocycles. The van der Waals surface area contributed by atoms with Gasteiger partial charge in [0.25, 0.3) is 0 Å². The summed E-state index contributed by atoms with van der Waals surface area (Å²) in [5, 5.41) is 0.670. The minimum absolute atomic E-state index is 0.494. The van der Waals surface area contributed by atoms with Crippen molar-refractivity contribution in [3.05, 3.63) is 34.9 Å². The second-order valence-corrected chi connectivity index (χ2v) is 2.90. The van der Waals surface area contributed by atoms with Crippen molar-refractivity contribution in [3.8, 4) is 5.75 Å². The third kappa shape index (κ3) is 2.47. The van der Waals surface area contributed by atoms with E-state index in [0.29, 0.717) is 11.6 Å². The molecule has 0 heterocycles. The predicted octanol–water partition coefficient (Wildman–Crippen LogP) is 2.32. The average molecular weight is 198 g/mol. The van der Waals surface area contributed by atoms with Crippen molar-refractivity contribution in [2.75, 3.05) is 13.7 Å². The number of benzene rings is 1. The van der Waals surface area contributed by atoms with Gasteiger partial charge in [-0.15, -0.1) is 0 Å². The summed E-state index contributed by atoms with van der Waals surface area (Å²) in [5.41, 5.74) is 6.22. The summed E-state index contributed by atoms with van der Waals surface area (Å²) in [7, 11) is 1.62. The summed E-state index contributed by atoms with van der Waals surface area (Å²) in [6.45, 7) is 0.494. The van der Waals surface area contributed by atoms with E-state index in [4.69, 9.17) is 22.1 Å². The zero-order valence-electron chi connectivity index (χ0n) is 7.46. The Kier molecular flexibility index (Phi) is 3.80. The second kappa shape index (κ2) is 4.90. The average Bonchev–Trinajstić information content (AvgIpc) is 2.15. The van der Waals surface area contributed by atoms with Crippen LogP contribution in [0.2, 0.25) is 5.02 Å². The van der Waals surface area contributed by atoms with Crippen LogP contribution < -0.4 is 10.5 Å². The Balaban J connectivity index is 3.07. The predicted molar refractivity (Wildman–Crippen MR) is 56.1 cm³/mol. The molecule has 0 aliphatic rings. The molecule has 0 aliphatic carbocycles. The topological polar surface area (TPSA) is 35.2 Å². The molecule has 1 aromatic carbocycles. The van der Waals surface area contributed by atoms with Crippen molar-refractivity contribution < 1.29 is 4.74 Å². The van der Waals surface area contributed by atoms with Crippen molar-refractivity contribution in [1.29, 1.82) is 0 Å². The SMILES string of the molecule is COc1cccc(Cl)c1/C=C/CN. The van der Waals surface area contributed by atoms with Gasteiger partial charge in [0.15, 0.2) is 0 Å². The van der Waals surface area contributed by atoms with Gasteiger partial charge in [-0.2, -0.15) is 0 Å². The minimum Gasteiger partial charge on any atom is -0.496 e. The quantitative estimate of drug-likeness (QED) is 0.807. The first-order chi connectivity index (χ1) is 6.29. The molecule has 1 rings (SSSR count). The van der Waals surface area contributed by atoms with Gasteiger partial charge in [-0.05, 0) is 12.1 Å². The Bertz CT molecular complexity index is 310. The summed E-state index contributed by atoms with van der Waals surface area (Å²) >= 11 is 5.97. The molecule has 2 nitrogen and oxygen atoms in total. The molecule has 0 unspecified atom stereocenters. The van der Waals surface area contributed by atoms with Crippen LogP contribution in [0.25, 0.3) is 6.08 Å². The fraction of sp³-hybridized carbons (Fsp3) is 0.200. The highest BCUT2D eigenvalue weighted by Crippen LogP contribution is 2.27. The molecule has 0 aromatic heterocycles. The third-order valence-electron chi connectivity index (χ3n) is 1.65. The number of hydrogen-bond donors (Lipinski definition) is 1. The van der Waals surface area contributed by atoms with E-state index < -0.39 is 0 Å². The Labute approximate surface area is 83.0 Å². The fourth-order valence-electron chi connectivity index (χ4n) is 1.04. The number of halogens is 1. The summed E-state index contributed by atoms with van der Waals surface area (Å²) in [4.78, 5) is 0. The van der Waals surface area contributed by atoms with Crippen LogP contribution in [0.1, 0.15) is 5.56 Å². The first-order valence-electron chi connectivity index (χ1n) is 3.98. The molecule has 0 amide bonds. The standard InChI is InChI=1S/C10H12ClNO/c1-13-10-6-2-5-9(11)8(10)4-3-7-12/h2-6H,7,12H2,1H3/b4-3+. The molecule has 2 N–H and O–H groups in total. The van der Waals surface area contributed by atoms with Gasteiger partial charge in [-0.1, -0.05) is 29.8 Å². The normalized spacial score (nSPS) is 10.7. The maximum absolute atomic E-state index is 5.97. The van der Waals surface area contributed by atoms with Gasteiger partial charge >= 0.3 is 0 Å². The largest absolute Gasteiger partial charge is 0.496 e. The van der Waals surface area contributed by atoms with Gasteiger partial charge in [0.1, 0.15) is 5.75 Å². The molecule has 3 heteroatoms. The molecule has 0 bridgehead atoms. The van der Waals surface area contributed by atoms with Crippen LogP contribution in [-0.2, 0) is 0 Å². The summed E-state index contributed by atoms with van der Waals surface area (Å²) in [6, 6.07) is 5.53. The molecular weight excluding hydrogens is 186 g/mol. The lowest BCUT2D eigenvalue weighted by Gasteiger charge is -2.05. The van der Waals surface area contributed by atoms with Crippen LogP contribution in [0.3, 0.4) is 0 Å². The Morgan fingerprint density at radius 1 is 1.54 bits per heavy atom. The van der Waals surface area contributed by atoms with Crippen LogP contribution in [0.4, 0.5) is 0 Å². The van der Waals surface area contributed by atoms with E-state index in [1.807, 2.05) is 30.4 Å². The minimum atomic E-state index is 0.494. The second-order valence-electron chi connectivity index (χ2n) is 2.49. The number of rotatable bonds is 3. The number of ether oxygens (including phenoxy) is 1. The third-order valence-corrected chi connectivity index (χ3v) is 1.98. The zero-order chi connectivity index (χ0) is 9.68. The van der Waals surface area contributed by atoms with Crippen molar-refractivity contribution in [1.82, 2.24) is 0 Å². The van der Waals surface area contributed by atoms with Gasteiger partial charge in [0, 0.05) is 12.1 Å². The van der Waals surface area contributed by atoms with E-state index in [1.165, 1.54) is 0 Å². The van der Waals surface area contributed by atoms with Crippen molar-refractivity contribution >= 4 is 17.7 Å². The maximum atomic E-state index is 5.97. The molecule has 0 aliphatic heterocycles. The monoisotopic (exact) mass is 197 g/mol. The van der Waals surface area contributed by atoms with Crippen molar-refractivity contribution in [2.24, 2.45) is 5.73 Å². The van der Waals surface area contributed by atoms with Crippen LogP contribution >= 0.6 is 11.6 Å². The molecule has 1 aromatic rings. The molecule has 0 saturated carbocycles. The molecular formula is C10H12ClNO. The first kappa shape index (κ1) is 10.1. The van der Waals surface area contributed by atoms with E-state index in [0.717, 1.165) is 11.3 Å². The Hall–Kier alpha value is -0.990. The van der Waals surface area contributed by atoms with Crippen LogP contribution in [0.15, 0.2) is 24.3 Å². The molecule has 70 valence electrons. The highest BCUT2D eigenvalue weighted by Gasteiger charge is 2.02. The lowest BCUT2D eigenvalue weighted by molar-refractivity contribution is 0.414. The van der Waals surface area contributed by atoms with Gasteiger partial charge in [0.2, 0.25) is 0 Å². The van der Waals surface area contributed by atoms with E-state index in [9.17, 15) is 0 Å². The molecule has 0 spiro atoms. The van der Waals surface area contributed by atoms with Crippen LogP contribution in [0, 0.1) is 0 Å². The number of methoxy groups -OCH3 is 1. The fourth-order valence-corrected chi connectivity index (χ4v) is 1.27. The molecule has 0 radical (unpaired) electrons. The van der Waals surface area contributed by atoms with Gasteiger partial charge in [-0.25, -0.2) is 0 Å². The van der Waals surface area contributed by atoms with Crippen molar-refractivity contribution in [2.45, 2.75) is 0 Å². The smallest absolute Gasteiger partial charge is 0.127 e. The number of hydrogen-bond acceptors (Lipinski definition) is 2. The van der Waals surface area contributed by atoms with Crippen LogP contribution in [-0.4, -0.2) is 13.7 Å². The highest BCUT2D eigenvalue weighted by atomic mass is 35.5. The van der Waals surface area contributed by atoms with E-state index in [1.54, 1.807) is 7.11 Å². The summed E-state index contributed by atoms with van der Waals surface area (Å²) < 4.78 is 5.15. The van der Waals surface area contributed by atoms with Crippen molar-refractivity contribution in [3.63, 3.8) is 0 Å². The Morgan fingerprint density at radius 3 is 2.92 bits per heavy atom. The zero-order valence-corrected chi connectivity index (χ0v) is 8.21. The lowest BCUT2D eigenvalue weighted by Crippen LogP contribution is -1.93. The van der Waals surface area contributed by atoms with Gasteiger partial charge in [0.05, 0.1) is 12.1 Å². The Morgan fingerprint density at radius 2 is 2.31 bits per heavy atom. The maximum Gasteiger partial charge on any atom is 0.127 e. The van der Waals surface area contributed by atoms with E-state index >= 15 is 0 Å². The van der Waals surface area contributed by atoms with E-state index in [2.05, 4.69) is 0 Å². The summed E-state index contributed by atoms with van der Waals surface area (Å²) in [5.74, 6) is 0.761. The highest BCUT2D eigenvalue weighted by molar-refractivity contribution is 6.32.